The fourth-order valence-electron chi connectivity index (χ4n) is 8.51. The molecule has 0 N–H and O–H groups in total. The van der Waals surface area contributed by atoms with Crippen molar-refractivity contribution in [1.29, 1.82) is 0 Å². The van der Waals surface area contributed by atoms with Gasteiger partial charge in [0.05, 0.1) is 5.41 Å². The van der Waals surface area contributed by atoms with Crippen LogP contribution in [0.3, 0.4) is 0 Å². The summed E-state index contributed by atoms with van der Waals surface area (Å²) in [6.07, 6.45) is 0. The number of hydrogen-bond donors (Lipinski definition) is 0. The Labute approximate surface area is 263 Å². The number of thiophene rings is 1. The molecule has 0 radical (unpaired) electrons. The molecule has 0 saturated heterocycles. The van der Waals surface area contributed by atoms with Crippen molar-refractivity contribution in [2.75, 3.05) is 0 Å². The van der Waals surface area contributed by atoms with Crippen LogP contribution < -0.4 is 4.74 Å². The van der Waals surface area contributed by atoms with E-state index in [0.29, 0.717) is 0 Å². The van der Waals surface area contributed by atoms with Crippen molar-refractivity contribution in [2.24, 2.45) is 0 Å². The first-order chi connectivity index (χ1) is 22.3. The summed E-state index contributed by atoms with van der Waals surface area (Å²) in [5, 5.41) is 9.91. The molecule has 0 atom stereocenters. The highest BCUT2D eigenvalue weighted by Gasteiger charge is 2.52. The van der Waals surface area contributed by atoms with Gasteiger partial charge in [0.25, 0.3) is 0 Å². The number of benzene rings is 8. The van der Waals surface area contributed by atoms with Gasteiger partial charge >= 0.3 is 0 Å². The van der Waals surface area contributed by atoms with Gasteiger partial charge in [-0.05, 0) is 55.9 Å². The zero-order chi connectivity index (χ0) is 29.3. The number of fused-ring (bicyclic) bond motifs is 19. The summed E-state index contributed by atoms with van der Waals surface area (Å²) in [5.41, 5.74) is 7.23. The summed E-state index contributed by atoms with van der Waals surface area (Å²) in [4.78, 5) is 0. The van der Waals surface area contributed by atoms with Gasteiger partial charge in [-0.2, -0.15) is 0 Å². The number of hydrogen-bond acceptors (Lipinski definition) is 2. The lowest BCUT2D eigenvalue weighted by molar-refractivity contribution is 0.447. The van der Waals surface area contributed by atoms with E-state index >= 15 is 0 Å². The van der Waals surface area contributed by atoms with Crippen LogP contribution in [0.2, 0.25) is 0 Å². The molecule has 45 heavy (non-hydrogen) atoms. The molecule has 1 aliphatic heterocycles. The molecule has 0 saturated carbocycles. The molecule has 1 spiro atoms. The van der Waals surface area contributed by atoms with Gasteiger partial charge in [-0.1, -0.05) is 133 Å². The number of rotatable bonds is 0. The van der Waals surface area contributed by atoms with Crippen LogP contribution in [0.25, 0.3) is 63.6 Å². The minimum Gasteiger partial charge on any atom is -0.455 e. The second-order valence-electron chi connectivity index (χ2n) is 12.3. The van der Waals surface area contributed by atoms with E-state index in [1.54, 1.807) is 0 Å². The van der Waals surface area contributed by atoms with E-state index in [-0.39, 0.29) is 0 Å². The van der Waals surface area contributed by atoms with E-state index in [0.717, 1.165) is 22.3 Å². The average Bonchev–Trinajstić information content (AvgIpc) is 3.62. The van der Waals surface area contributed by atoms with E-state index in [1.807, 2.05) is 11.3 Å². The predicted molar refractivity (Wildman–Crippen MR) is 189 cm³/mol. The van der Waals surface area contributed by atoms with Gasteiger partial charge in [-0.15, -0.1) is 11.3 Å². The summed E-state index contributed by atoms with van der Waals surface area (Å²) >= 11 is 1.89. The predicted octanol–water partition coefficient (Wildman–Crippen LogP) is 12.0. The van der Waals surface area contributed by atoms with Crippen molar-refractivity contribution in [3.8, 4) is 22.6 Å². The molecule has 208 valence electrons. The third kappa shape index (κ3) is 2.85. The van der Waals surface area contributed by atoms with Crippen LogP contribution >= 0.6 is 11.3 Å². The fraction of sp³-hybridized carbons (Fsp3) is 0.0233. The highest BCUT2D eigenvalue weighted by molar-refractivity contribution is 7.26. The quantitative estimate of drug-likeness (QED) is 0.171. The highest BCUT2D eigenvalue weighted by Crippen LogP contribution is 2.66. The molecule has 2 heteroatoms. The first-order valence-corrected chi connectivity index (χ1v) is 16.3. The summed E-state index contributed by atoms with van der Waals surface area (Å²) in [7, 11) is 0. The lowest BCUT2D eigenvalue weighted by atomic mass is 9.65. The van der Waals surface area contributed by atoms with Crippen LogP contribution in [0.5, 0.6) is 11.5 Å². The van der Waals surface area contributed by atoms with E-state index < -0.39 is 5.41 Å². The molecular weight excluding hydrogens is 565 g/mol. The monoisotopic (exact) mass is 588 g/mol. The average molecular weight is 589 g/mol. The summed E-state index contributed by atoms with van der Waals surface area (Å²) < 4.78 is 9.81. The van der Waals surface area contributed by atoms with Crippen molar-refractivity contribution in [1.82, 2.24) is 0 Å². The second kappa shape index (κ2) is 8.38. The van der Waals surface area contributed by atoms with Gasteiger partial charge in [0.1, 0.15) is 11.5 Å². The van der Waals surface area contributed by atoms with Crippen molar-refractivity contribution < 1.29 is 4.74 Å². The van der Waals surface area contributed by atoms with E-state index in [2.05, 4.69) is 146 Å². The summed E-state index contributed by atoms with van der Waals surface area (Å²) in [5.74, 6) is 1.92. The molecule has 1 aromatic heterocycles. The fourth-order valence-corrected chi connectivity index (χ4v) is 9.63. The largest absolute Gasteiger partial charge is 0.455 e. The minimum atomic E-state index is -0.553. The highest BCUT2D eigenvalue weighted by atomic mass is 32.1. The molecule has 1 aliphatic carbocycles. The van der Waals surface area contributed by atoms with Crippen molar-refractivity contribution >= 4 is 63.8 Å². The smallest absolute Gasteiger partial charge is 0.140 e. The maximum Gasteiger partial charge on any atom is 0.140 e. The summed E-state index contributed by atoms with van der Waals surface area (Å²) in [6, 6.07) is 53.8. The number of ether oxygens (including phenoxy) is 1. The third-order valence-corrected chi connectivity index (χ3v) is 11.4. The SMILES string of the molecule is c1ccc2c3c(ccc2c1)C1(c2ccc4ccccc4c2O3)c2ccc3ccccc3c2-c2c1ccc1sc3ccccc3c21. The normalized spacial score (nSPS) is 14.1. The van der Waals surface area contributed by atoms with Gasteiger partial charge < -0.3 is 4.74 Å². The van der Waals surface area contributed by atoms with Gasteiger partial charge in [0, 0.05) is 42.1 Å². The van der Waals surface area contributed by atoms with E-state index in [4.69, 9.17) is 4.74 Å². The Hall–Kier alpha value is -5.44. The Bertz CT molecular complexity index is 2660. The lowest BCUT2D eigenvalue weighted by Crippen LogP contribution is -2.32. The van der Waals surface area contributed by atoms with E-state index in [1.165, 1.54) is 75.1 Å². The molecule has 1 nitrogen and oxygen atoms in total. The molecular formula is C43H24OS. The Morgan fingerprint density at radius 2 is 0.867 bits per heavy atom. The Morgan fingerprint density at radius 3 is 1.53 bits per heavy atom. The maximum absolute atomic E-state index is 7.15. The van der Waals surface area contributed by atoms with E-state index in [9.17, 15) is 0 Å². The van der Waals surface area contributed by atoms with Gasteiger partial charge in [-0.25, -0.2) is 0 Å². The Morgan fingerprint density at radius 1 is 0.378 bits per heavy atom. The molecule has 0 fully saturated rings. The molecule has 2 aliphatic rings. The lowest BCUT2D eigenvalue weighted by Gasteiger charge is -2.40. The van der Waals surface area contributed by atoms with Crippen LogP contribution in [-0.4, -0.2) is 0 Å². The van der Waals surface area contributed by atoms with Crippen LogP contribution in [-0.2, 0) is 5.41 Å². The standard InChI is InChI=1S/C43H24OS/c1-4-12-28-25(9-1)17-20-32-38(28)40-33(23-24-37-39(40)31-15-7-8-16-36(31)45-37)43(32)34-21-18-26-10-2-5-13-29(26)41(34)44-42-30-14-6-3-11-27(30)19-22-35(42)43/h1-24H. The third-order valence-electron chi connectivity index (χ3n) is 10.3. The molecule has 0 amide bonds. The van der Waals surface area contributed by atoms with Gasteiger partial charge in [-0.3, -0.25) is 0 Å². The molecule has 2 heterocycles. The van der Waals surface area contributed by atoms with Crippen molar-refractivity contribution in [3.63, 3.8) is 0 Å². The zero-order valence-electron chi connectivity index (χ0n) is 24.2. The Balaban J connectivity index is 1.43. The van der Waals surface area contributed by atoms with Crippen LogP contribution in [0.4, 0.5) is 0 Å². The van der Waals surface area contributed by atoms with Crippen LogP contribution in [0.1, 0.15) is 22.3 Å². The van der Waals surface area contributed by atoms with Crippen molar-refractivity contribution in [3.05, 3.63) is 168 Å². The van der Waals surface area contributed by atoms with Gasteiger partial charge in [0.15, 0.2) is 0 Å². The molecule has 8 aromatic carbocycles. The molecule has 11 rings (SSSR count). The summed E-state index contributed by atoms with van der Waals surface area (Å²) in [6.45, 7) is 0. The van der Waals surface area contributed by atoms with Gasteiger partial charge in [0.2, 0.25) is 0 Å². The van der Waals surface area contributed by atoms with Crippen LogP contribution in [0.15, 0.2) is 146 Å². The topological polar surface area (TPSA) is 9.23 Å². The van der Waals surface area contributed by atoms with Crippen molar-refractivity contribution in [2.45, 2.75) is 5.41 Å². The van der Waals surface area contributed by atoms with Crippen LogP contribution in [0, 0.1) is 0 Å². The Kier molecular flexibility index (Phi) is 4.46. The minimum absolute atomic E-state index is 0.553. The molecule has 0 bridgehead atoms. The maximum atomic E-state index is 7.15. The zero-order valence-corrected chi connectivity index (χ0v) is 25.0. The second-order valence-corrected chi connectivity index (χ2v) is 13.4. The first kappa shape index (κ1) is 23.9. The first-order valence-electron chi connectivity index (χ1n) is 15.5. The molecule has 0 unspecified atom stereocenters. The molecule has 9 aromatic rings.